The third kappa shape index (κ3) is 5.94. The molecule has 1 unspecified atom stereocenters. The normalized spacial score (nSPS) is 13.7. The maximum atomic E-state index is 14.9. The minimum Gasteiger partial charge on any atom is -0.234 e. The molecule has 0 bridgehead atoms. The number of thioether (sulfide) groups is 1. The number of nitrogens with zero attached hydrogens (tertiary/aromatic N) is 1. The lowest BCUT2D eigenvalue weighted by molar-refractivity contribution is -0.137. The molecule has 0 aliphatic rings. The molecule has 3 rings (SSSR count). The molecule has 0 fully saturated rings. The van der Waals surface area contributed by atoms with E-state index in [1.54, 1.807) is 0 Å². The Morgan fingerprint density at radius 3 is 1.55 bits per heavy atom. The zero-order chi connectivity index (χ0) is 24.3. The van der Waals surface area contributed by atoms with Gasteiger partial charge in [-0.05, 0) is 48.5 Å². The number of hydrogen-bond acceptors (Lipinski definition) is 5. The summed E-state index contributed by atoms with van der Waals surface area (Å²) >= 11 is 0.409. The van der Waals surface area contributed by atoms with Crippen molar-refractivity contribution in [2.24, 2.45) is 0 Å². The number of halogens is 4. The van der Waals surface area contributed by atoms with E-state index in [4.69, 9.17) is 0 Å². The third-order valence-electron chi connectivity index (χ3n) is 4.36. The van der Waals surface area contributed by atoms with Crippen LogP contribution in [0.3, 0.4) is 0 Å². The van der Waals surface area contributed by atoms with Gasteiger partial charge in [-0.25, -0.2) is 21.2 Å². The zero-order valence-corrected chi connectivity index (χ0v) is 19.1. The van der Waals surface area contributed by atoms with E-state index in [0.717, 1.165) is 24.3 Å². The van der Waals surface area contributed by atoms with Crippen molar-refractivity contribution in [3.63, 3.8) is 0 Å². The molecule has 1 atom stereocenters. The highest BCUT2D eigenvalue weighted by Crippen LogP contribution is 2.33. The first-order chi connectivity index (χ1) is 15.4. The standard InChI is InChI=1S/C21H17F4NO4S3/c22-20(31-17-13-11-16(12-14-17)21(23,24)25)15-26(32(27,28)18-7-3-1-4-8-18)33(29,30)19-9-5-2-6-10-19/h1-14,20H,15H2. The van der Waals surface area contributed by atoms with Crippen molar-refractivity contribution in [2.45, 2.75) is 26.4 Å². The topological polar surface area (TPSA) is 71.5 Å². The number of hydrogen-bond donors (Lipinski definition) is 0. The summed E-state index contributed by atoms with van der Waals surface area (Å²) in [5, 5.41) is 0. The van der Waals surface area contributed by atoms with Gasteiger partial charge in [0.25, 0.3) is 20.0 Å². The predicted octanol–water partition coefficient (Wildman–Crippen LogP) is 5.17. The molecule has 176 valence electrons. The Morgan fingerprint density at radius 2 is 1.15 bits per heavy atom. The van der Waals surface area contributed by atoms with E-state index in [9.17, 15) is 34.4 Å². The number of benzene rings is 3. The smallest absolute Gasteiger partial charge is 0.234 e. The van der Waals surface area contributed by atoms with E-state index in [0.29, 0.717) is 11.8 Å². The highest BCUT2D eigenvalue weighted by molar-refractivity contribution is 8.04. The van der Waals surface area contributed by atoms with Gasteiger partial charge in [0.2, 0.25) is 0 Å². The van der Waals surface area contributed by atoms with E-state index in [1.807, 2.05) is 0 Å². The lowest BCUT2D eigenvalue weighted by atomic mass is 10.2. The fourth-order valence-corrected chi connectivity index (χ4v) is 7.45. The third-order valence-corrected chi connectivity index (χ3v) is 9.59. The van der Waals surface area contributed by atoms with Crippen molar-refractivity contribution < 1.29 is 34.4 Å². The summed E-state index contributed by atoms with van der Waals surface area (Å²) in [7, 11) is -9.35. The van der Waals surface area contributed by atoms with Crippen LogP contribution in [-0.2, 0) is 26.2 Å². The maximum absolute atomic E-state index is 14.9. The summed E-state index contributed by atoms with van der Waals surface area (Å²) in [6, 6.07) is 16.9. The first-order valence-electron chi connectivity index (χ1n) is 9.28. The molecule has 0 N–H and O–H groups in total. The van der Waals surface area contributed by atoms with Crippen molar-refractivity contribution in [1.29, 1.82) is 0 Å². The average Bonchev–Trinajstić information content (AvgIpc) is 2.78. The molecule has 33 heavy (non-hydrogen) atoms. The van der Waals surface area contributed by atoms with Crippen LogP contribution in [-0.4, -0.2) is 32.6 Å². The van der Waals surface area contributed by atoms with Crippen molar-refractivity contribution in [1.82, 2.24) is 3.71 Å². The summed E-state index contributed by atoms with van der Waals surface area (Å²) in [4.78, 5) is -0.628. The van der Waals surface area contributed by atoms with Crippen molar-refractivity contribution in [3.05, 3.63) is 90.5 Å². The van der Waals surface area contributed by atoms with Crippen LogP contribution in [0, 0.1) is 0 Å². The van der Waals surface area contributed by atoms with Crippen molar-refractivity contribution in [2.75, 3.05) is 6.54 Å². The summed E-state index contributed by atoms with van der Waals surface area (Å²) in [6.45, 7) is -1.08. The number of sulfonamides is 2. The Morgan fingerprint density at radius 1 is 0.727 bits per heavy atom. The molecular weight excluding hydrogens is 502 g/mol. The number of alkyl halides is 4. The second kappa shape index (κ2) is 9.84. The molecule has 0 aromatic heterocycles. The summed E-state index contributed by atoms with van der Waals surface area (Å²) in [5.74, 6) is 0. The monoisotopic (exact) mass is 519 g/mol. The summed E-state index contributed by atoms with van der Waals surface area (Å²) in [6.07, 6.45) is -4.57. The molecule has 0 saturated carbocycles. The van der Waals surface area contributed by atoms with Gasteiger partial charge in [0.1, 0.15) is 0 Å². The van der Waals surface area contributed by atoms with E-state index >= 15 is 0 Å². The second-order valence-electron chi connectivity index (χ2n) is 6.64. The molecule has 0 radical (unpaired) electrons. The first-order valence-corrected chi connectivity index (χ1v) is 13.0. The summed E-state index contributed by atoms with van der Waals surface area (Å²) < 4.78 is 106. The van der Waals surface area contributed by atoms with Crippen LogP contribution < -0.4 is 0 Å². The predicted molar refractivity (Wildman–Crippen MR) is 116 cm³/mol. The molecule has 12 heteroatoms. The van der Waals surface area contributed by atoms with Gasteiger partial charge in [0.15, 0.2) is 5.50 Å². The molecule has 0 aliphatic carbocycles. The van der Waals surface area contributed by atoms with E-state index in [2.05, 4.69) is 0 Å². The van der Waals surface area contributed by atoms with E-state index < -0.39 is 43.8 Å². The van der Waals surface area contributed by atoms with Crippen LogP contribution in [0.1, 0.15) is 5.56 Å². The van der Waals surface area contributed by atoms with Crippen LogP contribution in [0.15, 0.2) is 99.6 Å². The van der Waals surface area contributed by atoms with Crippen molar-refractivity contribution in [3.8, 4) is 0 Å². The van der Waals surface area contributed by atoms with Gasteiger partial charge >= 0.3 is 6.18 Å². The highest BCUT2D eigenvalue weighted by Gasteiger charge is 2.38. The fourth-order valence-electron chi connectivity index (χ4n) is 2.77. The van der Waals surface area contributed by atoms with Crippen LogP contribution in [0.2, 0.25) is 0 Å². The lowest BCUT2D eigenvalue weighted by Gasteiger charge is -2.23. The van der Waals surface area contributed by atoms with Crippen LogP contribution in [0.5, 0.6) is 0 Å². The van der Waals surface area contributed by atoms with Gasteiger partial charge in [-0.1, -0.05) is 51.9 Å². The minimum atomic E-state index is -4.68. The quantitative estimate of drug-likeness (QED) is 0.303. The van der Waals surface area contributed by atoms with Gasteiger partial charge in [-0.15, -0.1) is 0 Å². The van der Waals surface area contributed by atoms with Crippen LogP contribution in [0.4, 0.5) is 17.6 Å². The maximum Gasteiger partial charge on any atom is 0.416 e. The van der Waals surface area contributed by atoms with E-state index in [-0.39, 0.29) is 18.4 Å². The van der Waals surface area contributed by atoms with Gasteiger partial charge < -0.3 is 0 Å². The Kier molecular flexibility index (Phi) is 7.52. The van der Waals surface area contributed by atoms with Gasteiger partial charge in [0, 0.05) is 4.90 Å². The molecule has 0 heterocycles. The van der Waals surface area contributed by atoms with Gasteiger partial charge in [0.05, 0.1) is 21.9 Å². The average molecular weight is 520 g/mol. The number of rotatable bonds is 8. The molecular formula is C21H17F4NO4S3. The Hall–Kier alpha value is -2.41. The highest BCUT2D eigenvalue weighted by atomic mass is 32.3. The Balaban J connectivity index is 1.93. The van der Waals surface area contributed by atoms with E-state index in [1.165, 1.54) is 60.7 Å². The molecule has 0 saturated heterocycles. The largest absolute Gasteiger partial charge is 0.416 e. The SMILES string of the molecule is O=S(=O)(c1ccccc1)N(CC(F)Sc1ccc(C(F)(F)F)cc1)S(=O)(=O)c1ccccc1. The zero-order valence-electron chi connectivity index (χ0n) is 16.7. The lowest BCUT2D eigenvalue weighted by Crippen LogP contribution is -2.40. The first kappa shape index (κ1) is 25.2. The van der Waals surface area contributed by atoms with Crippen molar-refractivity contribution >= 4 is 31.8 Å². The molecule has 0 amide bonds. The second-order valence-corrected chi connectivity index (χ2v) is 11.8. The van der Waals surface area contributed by atoms with Crippen LogP contribution >= 0.6 is 11.8 Å². The summed E-state index contributed by atoms with van der Waals surface area (Å²) in [5.41, 5.74) is -3.03. The Bertz CT molecular complexity index is 1210. The van der Waals surface area contributed by atoms with Gasteiger partial charge in [-0.3, -0.25) is 0 Å². The molecule has 3 aromatic rings. The molecule has 5 nitrogen and oxygen atoms in total. The molecule has 0 aliphatic heterocycles. The van der Waals surface area contributed by atoms with Crippen LogP contribution in [0.25, 0.3) is 0 Å². The Labute approximate surface area is 193 Å². The fraction of sp³-hybridized carbons (Fsp3) is 0.143. The molecule has 3 aromatic carbocycles. The minimum absolute atomic E-state index is 0.0738. The molecule has 0 spiro atoms. The van der Waals surface area contributed by atoms with Gasteiger partial charge in [-0.2, -0.15) is 13.2 Å².